The first-order valence-corrected chi connectivity index (χ1v) is 7.88. The lowest BCUT2D eigenvalue weighted by atomic mass is 10.0. The highest BCUT2D eigenvalue weighted by Gasteiger charge is 2.11. The molecule has 1 aromatic rings. The van der Waals surface area contributed by atoms with Crippen molar-refractivity contribution >= 4 is 15.9 Å². The zero-order chi connectivity index (χ0) is 13.5. The van der Waals surface area contributed by atoms with E-state index in [1.165, 1.54) is 18.4 Å². The Hall–Kier alpha value is -0.800. The van der Waals surface area contributed by atoms with Crippen LogP contribution < -0.4 is 10.1 Å². The van der Waals surface area contributed by atoms with Gasteiger partial charge in [0.25, 0.3) is 0 Å². The van der Waals surface area contributed by atoms with Gasteiger partial charge in [-0.2, -0.15) is 0 Å². The third kappa shape index (κ3) is 4.66. The minimum atomic E-state index is 0.600. The fourth-order valence-corrected chi connectivity index (χ4v) is 2.68. The molecule has 0 aromatic heterocycles. The van der Waals surface area contributed by atoms with Crippen LogP contribution in [0.5, 0.6) is 5.75 Å². The molecule has 0 bridgehead atoms. The van der Waals surface area contributed by atoms with Crippen molar-refractivity contribution in [3.05, 3.63) is 40.4 Å². The minimum absolute atomic E-state index is 0.600. The Kier molecular flexibility index (Phi) is 5.93. The van der Waals surface area contributed by atoms with Crippen molar-refractivity contribution in [2.75, 3.05) is 6.61 Å². The minimum Gasteiger partial charge on any atom is -0.493 e. The summed E-state index contributed by atoms with van der Waals surface area (Å²) in [6.45, 7) is 3.78. The lowest BCUT2D eigenvalue weighted by Gasteiger charge is -2.20. The second-order valence-electron chi connectivity index (χ2n) is 4.96. The normalized spacial score (nSPS) is 18.5. The SMILES string of the molecule is CCCOc1ccc(Br)cc1CNC1CC=CCC1. The number of ether oxygens (including phenoxy) is 1. The molecule has 19 heavy (non-hydrogen) atoms. The highest BCUT2D eigenvalue weighted by atomic mass is 79.9. The molecule has 1 aliphatic rings. The average molecular weight is 324 g/mol. The first-order valence-electron chi connectivity index (χ1n) is 7.09. The topological polar surface area (TPSA) is 21.3 Å². The Balaban J connectivity index is 1.96. The molecule has 2 rings (SSSR count). The molecule has 0 aliphatic heterocycles. The lowest BCUT2D eigenvalue weighted by Crippen LogP contribution is -2.29. The summed E-state index contributed by atoms with van der Waals surface area (Å²) in [4.78, 5) is 0. The van der Waals surface area contributed by atoms with Crippen LogP contribution in [-0.4, -0.2) is 12.6 Å². The molecule has 3 heteroatoms. The first-order chi connectivity index (χ1) is 9.29. The van der Waals surface area contributed by atoms with Crippen molar-refractivity contribution in [3.8, 4) is 5.75 Å². The summed E-state index contributed by atoms with van der Waals surface area (Å²) in [6.07, 6.45) is 9.14. The zero-order valence-corrected chi connectivity index (χ0v) is 13.1. The van der Waals surface area contributed by atoms with E-state index in [2.05, 4.69) is 52.5 Å². The van der Waals surface area contributed by atoms with Crippen LogP contribution in [0, 0.1) is 0 Å². The molecule has 0 saturated heterocycles. The van der Waals surface area contributed by atoms with Crippen LogP contribution in [-0.2, 0) is 6.54 Å². The molecule has 1 atom stereocenters. The quantitative estimate of drug-likeness (QED) is 0.781. The molecule has 0 fully saturated rings. The van der Waals surface area contributed by atoms with Crippen LogP contribution in [0.2, 0.25) is 0 Å². The third-order valence-corrected chi connectivity index (χ3v) is 3.83. The summed E-state index contributed by atoms with van der Waals surface area (Å²) in [7, 11) is 0. The second-order valence-corrected chi connectivity index (χ2v) is 5.88. The van der Waals surface area contributed by atoms with Gasteiger partial charge in [-0.05, 0) is 43.9 Å². The van der Waals surface area contributed by atoms with Crippen LogP contribution in [0.3, 0.4) is 0 Å². The third-order valence-electron chi connectivity index (χ3n) is 3.33. The zero-order valence-electron chi connectivity index (χ0n) is 11.5. The van der Waals surface area contributed by atoms with Gasteiger partial charge in [0.1, 0.15) is 5.75 Å². The Labute approximate surface area is 124 Å². The van der Waals surface area contributed by atoms with Crippen molar-refractivity contribution in [1.29, 1.82) is 0 Å². The standard InChI is InChI=1S/C16H22BrNO/c1-2-10-19-16-9-8-14(17)11-13(16)12-18-15-6-4-3-5-7-15/h3-4,8-9,11,15,18H,2,5-7,10,12H2,1H3. The highest BCUT2D eigenvalue weighted by Crippen LogP contribution is 2.24. The van der Waals surface area contributed by atoms with E-state index in [0.29, 0.717) is 6.04 Å². The number of rotatable bonds is 6. The molecule has 104 valence electrons. The van der Waals surface area contributed by atoms with Gasteiger partial charge in [-0.3, -0.25) is 0 Å². The maximum Gasteiger partial charge on any atom is 0.123 e. The van der Waals surface area contributed by atoms with Crippen LogP contribution >= 0.6 is 15.9 Å². The van der Waals surface area contributed by atoms with E-state index in [0.717, 1.165) is 36.2 Å². The van der Waals surface area contributed by atoms with E-state index in [1.54, 1.807) is 0 Å². The molecule has 1 aliphatic carbocycles. The van der Waals surface area contributed by atoms with Gasteiger partial charge < -0.3 is 10.1 Å². The number of nitrogens with one attached hydrogen (secondary N) is 1. The van der Waals surface area contributed by atoms with Gasteiger partial charge >= 0.3 is 0 Å². The van der Waals surface area contributed by atoms with Crippen molar-refractivity contribution in [2.45, 2.75) is 45.2 Å². The summed E-state index contributed by atoms with van der Waals surface area (Å²) in [5.41, 5.74) is 1.23. The van der Waals surface area contributed by atoms with Gasteiger partial charge in [0.2, 0.25) is 0 Å². The van der Waals surface area contributed by atoms with Crippen LogP contribution in [0.25, 0.3) is 0 Å². The Morgan fingerprint density at radius 1 is 1.37 bits per heavy atom. The summed E-state index contributed by atoms with van der Waals surface area (Å²) in [5, 5.41) is 3.63. The van der Waals surface area contributed by atoms with Gasteiger partial charge in [-0.25, -0.2) is 0 Å². The summed E-state index contributed by atoms with van der Waals surface area (Å²) in [5.74, 6) is 1.00. The molecule has 0 saturated carbocycles. The Morgan fingerprint density at radius 2 is 2.26 bits per heavy atom. The molecular formula is C16H22BrNO. The summed E-state index contributed by atoms with van der Waals surface area (Å²) in [6, 6.07) is 6.84. The van der Waals surface area contributed by atoms with Gasteiger partial charge in [0, 0.05) is 22.6 Å². The van der Waals surface area contributed by atoms with Gasteiger partial charge in [0.15, 0.2) is 0 Å². The number of halogens is 1. The molecule has 1 aromatic carbocycles. The predicted molar refractivity (Wildman–Crippen MR) is 83.5 cm³/mol. The summed E-state index contributed by atoms with van der Waals surface area (Å²) < 4.78 is 6.91. The maximum absolute atomic E-state index is 5.81. The molecule has 1 N–H and O–H groups in total. The number of hydrogen-bond donors (Lipinski definition) is 1. The molecule has 0 radical (unpaired) electrons. The number of hydrogen-bond acceptors (Lipinski definition) is 2. The van der Waals surface area contributed by atoms with Crippen LogP contribution in [0.1, 0.15) is 38.2 Å². The molecule has 1 unspecified atom stereocenters. The van der Waals surface area contributed by atoms with E-state index in [1.807, 2.05) is 6.07 Å². The van der Waals surface area contributed by atoms with Crippen LogP contribution in [0.4, 0.5) is 0 Å². The number of allylic oxidation sites excluding steroid dienone is 1. The van der Waals surface area contributed by atoms with E-state index in [4.69, 9.17) is 4.74 Å². The van der Waals surface area contributed by atoms with Crippen molar-refractivity contribution < 1.29 is 4.74 Å². The molecule has 0 amide bonds. The van der Waals surface area contributed by atoms with E-state index < -0.39 is 0 Å². The van der Waals surface area contributed by atoms with Crippen LogP contribution in [0.15, 0.2) is 34.8 Å². The van der Waals surface area contributed by atoms with E-state index >= 15 is 0 Å². The summed E-state index contributed by atoms with van der Waals surface area (Å²) >= 11 is 3.54. The Morgan fingerprint density at radius 3 is 3.00 bits per heavy atom. The monoisotopic (exact) mass is 323 g/mol. The molecule has 0 heterocycles. The molecule has 2 nitrogen and oxygen atoms in total. The fraction of sp³-hybridized carbons (Fsp3) is 0.500. The first kappa shape index (κ1) is 14.6. The fourth-order valence-electron chi connectivity index (χ4n) is 2.27. The van der Waals surface area contributed by atoms with Crippen molar-refractivity contribution in [2.24, 2.45) is 0 Å². The largest absolute Gasteiger partial charge is 0.493 e. The predicted octanol–water partition coefficient (Wildman–Crippen LogP) is 4.44. The van der Waals surface area contributed by atoms with E-state index in [-0.39, 0.29) is 0 Å². The van der Waals surface area contributed by atoms with E-state index in [9.17, 15) is 0 Å². The molecular weight excluding hydrogens is 302 g/mol. The number of benzene rings is 1. The molecule has 0 spiro atoms. The highest BCUT2D eigenvalue weighted by molar-refractivity contribution is 9.10. The van der Waals surface area contributed by atoms with Gasteiger partial charge in [-0.1, -0.05) is 35.0 Å². The van der Waals surface area contributed by atoms with Gasteiger partial charge in [0.05, 0.1) is 6.61 Å². The van der Waals surface area contributed by atoms with Gasteiger partial charge in [-0.15, -0.1) is 0 Å². The maximum atomic E-state index is 5.81. The second kappa shape index (κ2) is 7.71. The average Bonchev–Trinajstić information content (AvgIpc) is 2.45. The lowest BCUT2D eigenvalue weighted by molar-refractivity contribution is 0.312. The Bertz CT molecular complexity index is 431. The van der Waals surface area contributed by atoms with Crippen molar-refractivity contribution in [3.63, 3.8) is 0 Å². The van der Waals surface area contributed by atoms with Crippen molar-refractivity contribution in [1.82, 2.24) is 5.32 Å². The smallest absolute Gasteiger partial charge is 0.123 e.